The molecule has 0 aliphatic heterocycles. The fraction of sp³-hybridized carbons (Fsp3) is 0.400. The summed E-state index contributed by atoms with van der Waals surface area (Å²) in [4.78, 5) is 17.1. The maximum absolute atomic E-state index is 11.6. The summed E-state index contributed by atoms with van der Waals surface area (Å²) in [6.07, 6.45) is 0. The number of ether oxygens (including phenoxy) is 2. The molecule has 0 aliphatic rings. The number of methoxy groups -OCH3 is 1. The van der Waals surface area contributed by atoms with Crippen molar-refractivity contribution in [3.05, 3.63) is 45.6 Å². The molecule has 0 saturated heterocycles. The van der Waals surface area contributed by atoms with Gasteiger partial charge in [0.25, 0.3) is 5.91 Å². The van der Waals surface area contributed by atoms with Gasteiger partial charge in [-0.15, -0.1) is 11.3 Å². The maximum Gasteiger partial charge on any atom is 0.257 e. The largest absolute Gasteiger partial charge is 0.493 e. The van der Waals surface area contributed by atoms with Gasteiger partial charge in [0.1, 0.15) is 0 Å². The summed E-state index contributed by atoms with van der Waals surface area (Å²) in [6, 6.07) is 7.73. The zero-order valence-electron chi connectivity index (χ0n) is 16.8. The van der Waals surface area contributed by atoms with Crippen molar-refractivity contribution < 1.29 is 14.3 Å². The van der Waals surface area contributed by atoms with Crippen LogP contribution in [0.2, 0.25) is 0 Å². The van der Waals surface area contributed by atoms with Crippen LogP contribution in [0.25, 0.3) is 0 Å². The number of carbonyl (C=O) groups excluding carboxylic acids is 1. The van der Waals surface area contributed by atoms with Crippen LogP contribution in [-0.2, 0) is 17.9 Å². The van der Waals surface area contributed by atoms with E-state index in [0.29, 0.717) is 24.6 Å². The molecule has 2 rings (SSSR count). The molecule has 0 unspecified atom stereocenters. The number of thiophene rings is 1. The predicted molar refractivity (Wildman–Crippen MR) is 113 cm³/mol. The number of likely N-dealkylation sites (N-methyl/N-ethyl adjacent to an activating group) is 1. The molecule has 2 aromatic rings. The van der Waals surface area contributed by atoms with Crippen LogP contribution >= 0.6 is 11.3 Å². The molecule has 7 nitrogen and oxygen atoms in total. The predicted octanol–water partition coefficient (Wildman–Crippen LogP) is 2.45. The second-order valence-electron chi connectivity index (χ2n) is 6.03. The summed E-state index contributed by atoms with van der Waals surface area (Å²) < 4.78 is 10.9. The van der Waals surface area contributed by atoms with Gasteiger partial charge in [-0.25, -0.2) is 0 Å². The highest BCUT2D eigenvalue weighted by Gasteiger charge is 2.09. The number of benzene rings is 1. The van der Waals surface area contributed by atoms with E-state index in [1.807, 2.05) is 19.1 Å². The van der Waals surface area contributed by atoms with Gasteiger partial charge in [0.15, 0.2) is 24.1 Å². The number of nitrogens with zero attached hydrogens (tertiary/aromatic N) is 1. The average Bonchev–Trinajstić information content (AvgIpc) is 3.11. The lowest BCUT2D eigenvalue weighted by molar-refractivity contribution is -0.123. The van der Waals surface area contributed by atoms with Gasteiger partial charge in [-0.2, -0.15) is 0 Å². The van der Waals surface area contributed by atoms with Crippen LogP contribution in [0.3, 0.4) is 0 Å². The van der Waals surface area contributed by atoms with Crippen LogP contribution in [0, 0.1) is 6.92 Å². The topological polar surface area (TPSA) is 84.0 Å². The first-order valence-corrected chi connectivity index (χ1v) is 9.99. The summed E-state index contributed by atoms with van der Waals surface area (Å²) in [6.45, 7) is 5.82. The third kappa shape index (κ3) is 6.45. The minimum atomic E-state index is -0.161. The molecule has 0 fully saturated rings. The number of rotatable bonds is 9. The molecule has 152 valence electrons. The molecule has 0 spiro atoms. The SMILES string of the molecule is CCNC(=O)COc1ccc(CNC(=NC)NCc2sccc2C)cc1OC. The molecule has 0 radical (unpaired) electrons. The third-order valence-electron chi connectivity index (χ3n) is 4.03. The smallest absolute Gasteiger partial charge is 0.257 e. The van der Waals surface area contributed by atoms with Crippen LogP contribution in [0.15, 0.2) is 34.6 Å². The number of carbonyl (C=O) groups is 1. The molecule has 0 atom stereocenters. The number of amides is 1. The molecule has 1 aromatic carbocycles. The Labute approximate surface area is 170 Å². The van der Waals surface area contributed by atoms with E-state index in [9.17, 15) is 4.79 Å². The van der Waals surface area contributed by atoms with Crippen LogP contribution in [-0.4, -0.2) is 39.2 Å². The molecule has 1 amide bonds. The fourth-order valence-electron chi connectivity index (χ4n) is 2.49. The zero-order chi connectivity index (χ0) is 20.4. The van der Waals surface area contributed by atoms with Gasteiger partial charge in [0.05, 0.1) is 13.7 Å². The quantitative estimate of drug-likeness (QED) is 0.442. The number of aryl methyl sites for hydroxylation is 1. The molecule has 1 aromatic heterocycles. The number of nitrogens with one attached hydrogen (secondary N) is 3. The second-order valence-corrected chi connectivity index (χ2v) is 7.03. The van der Waals surface area contributed by atoms with Gasteiger partial charge in [-0.3, -0.25) is 9.79 Å². The Bertz CT molecular complexity index is 804. The van der Waals surface area contributed by atoms with Crippen molar-refractivity contribution in [2.24, 2.45) is 4.99 Å². The van der Waals surface area contributed by atoms with Crippen molar-refractivity contribution in [3.8, 4) is 11.5 Å². The lowest BCUT2D eigenvalue weighted by Gasteiger charge is -2.14. The Morgan fingerprint density at radius 3 is 2.57 bits per heavy atom. The van der Waals surface area contributed by atoms with Crippen LogP contribution in [0.4, 0.5) is 0 Å². The number of hydrogen-bond donors (Lipinski definition) is 3. The maximum atomic E-state index is 11.6. The Morgan fingerprint density at radius 2 is 1.93 bits per heavy atom. The highest BCUT2D eigenvalue weighted by atomic mass is 32.1. The van der Waals surface area contributed by atoms with E-state index >= 15 is 0 Å². The third-order valence-corrected chi connectivity index (χ3v) is 5.05. The van der Waals surface area contributed by atoms with Crippen LogP contribution < -0.4 is 25.4 Å². The second kappa shape index (κ2) is 11.2. The average molecular weight is 405 g/mol. The summed E-state index contributed by atoms with van der Waals surface area (Å²) in [5.41, 5.74) is 2.29. The highest BCUT2D eigenvalue weighted by Crippen LogP contribution is 2.28. The van der Waals surface area contributed by atoms with Gasteiger partial charge in [-0.05, 0) is 48.6 Å². The molecule has 28 heavy (non-hydrogen) atoms. The Balaban J connectivity index is 1.90. The summed E-state index contributed by atoms with van der Waals surface area (Å²) in [7, 11) is 3.32. The molecule has 8 heteroatoms. The van der Waals surface area contributed by atoms with E-state index in [4.69, 9.17) is 9.47 Å². The highest BCUT2D eigenvalue weighted by molar-refractivity contribution is 7.10. The van der Waals surface area contributed by atoms with Gasteiger partial charge in [0, 0.05) is 25.0 Å². The van der Waals surface area contributed by atoms with Crippen molar-refractivity contribution in [1.29, 1.82) is 0 Å². The number of guanidine groups is 1. The Hall–Kier alpha value is -2.74. The van der Waals surface area contributed by atoms with Crippen molar-refractivity contribution in [2.75, 3.05) is 27.3 Å². The lowest BCUT2D eigenvalue weighted by atomic mass is 10.2. The summed E-state index contributed by atoms with van der Waals surface area (Å²) >= 11 is 1.73. The van der Waals surface area contributed by atoms with Crippen molar-refractivity contribution in [3.63, 3.8) is 0 Å². The van der Waals surface area contributed by atoms with E-state index < -0.39 is 0 Å². The molecule has 1 heterocycles. The van der Waals surface area contributed by atoms with Crippen LogP contribution in [0.1, 0.15) is 22.9 Å². The number of aliphatic imine (C=N–C) groups is 1. The molecule has 0 bridgehead atoms. The first-order chi connectivity index (χ1) is 13.6. The van der Waals surface area contributed by atoms with E-state index in [0.717, 1.165) is 18.1 Å². The normalized spacial score (nSPS) is 11.1. The van der Waals surface area contributed by atoms with Crippen molar-refractivity contribution in [2.45, 2.75) is 26.9 Å². The monoisotopic (exact) mass is 404 g/mol. The molecule has 0 aliphatic carbocycles. The van der Waals surface area contributed by atoms with E-state index in [1.54, 1.807) is 31.6 Å². The van der Waals surface area contributed by atoms with Gasteiger partial charge in [-0.1, -0.05) is 6.07 Å². The van der Waals surface area contributed by atoms with Gasteiger partial charge >= 0.3 is 0 Å². The first kappa shape index (κ1) is 21.6. The first-order valence-electron chi connectivity index (χ1n) is 9.11. The van der Waals surface area contributed by atoms with E-state index in [1.165, 1.54) is 10.4 Å². The van der Waals surface area contributed by atoms with E-state index in [2.05, 4.69) is 39.3 Å². The van der Waals surface area contributed by atoms with Crippen molar-refractivity contribution in [1.82, 2.24) is 16.0 Å². The van der Waals surface area contributed by atoms with Gasteiger partial charge in [0.2, 0.25) is 0 Å². The standard InChI is InChI=1S/C20H28N4O3S/c1-5-22-19(25)13-27-16-7-6-15(10-17(16)26-4)11-23-20(21-3)24-12-18-14(2)8-9-28-18/h6-10H,5,11-13H2,1-4H3,(H,22,25)(H2,21,23,24). The molecular formula is C20H28N4O3S. The minimum Gasteiger partial charge on any atom is -0.493 e. The summed E-state index contributed by atoms with van der Waals surface area (Å²) in [5.74, 6) is 1.68. The fourth-order valence-corrected chi connectivity index (χ4v) is 3.33. The molecule has 3 N–H and O–H groups in total. The minimum absolute atomic E-state index is 0.0412. The Morgan fingerprint density at radius 1 is 1.14 bits per heavy atom. The lowest BCUT2D eigenvalue weighted by Crippen LogP contribution is -2.36. The number of hydrogen-bond acceptors (Lipinski definition) is 5. The van der Waals surface area contributed by atoms with Crippen molar-refractivity contribution >= 4 is 23.2 Å². The van der Waals surface area contributed by atoms with Gasteiger partial charge < -0.3 is 25.4 Å². The molecule has 0 saturated carbocycles. The Kier molecular flexibility index (Phi) is 8.61. The van der Waals surface area contributed by atoms with Crippen LogP contribution in [0.5, 0.6) is 11.5 Å². The zero-order valence-corrected chi connectivity index (χ0v) is 17.6. The summed E-state index contributed by atoms with van der Waals surface area (Å²) in [5, 5.41) is 11.4. The molecular weight excluding hydrogens is 376 g/mol. The van der Waals surface area contributed by atoms with E-state index in [-0.39, 0.29) is 12.5 Å².